The molecule has 0 aliphatic carbocycles. The molecule has 1 amide bonds. The second-order valence-corrected chi connectivity index (χ2v) is 7.04. The van der Waals surface area contributed by atoms with E-state index in [1.807, 2.05) is 54.8 Å². The molecular weight excluding hydrogens is 388 g/mol. The van der Waals surface area contributed by atoms with Gasteiger partial charge >= 0.3 is 0 Å². The van der Waals surface area contributed by atoms with Gasteiger partial charge in [0.25, 0.3) is 5.91 Å². The Hall–Kier alpha value is -2.12. The summed E-state index contributed by atoms with van der Waals surface area (Å²) in [5.41, 5.74) is 1.51. The van der Waals surface area contributed by atoms with Crippen LogP contribution in [0.5, 0.6) is 0 Å². The molecule has 1 unspecified atom stereocenters. The van der Waals surface area contributed by atoms with Gasteiger partial charge in [-0.1, -0.05) is 58.0 Å². The first kappa shape index (κ1) is 15.4. The number of benzene rings is 2. The fourth-order valence-corrected chi connectivity index (χ4v) is 3.40. The second-order valence-electron chi connectivity index (χ2n) is 5.33. The van der Waals surface area contributed by atoms with E-state index < -0.39 is 0 Å². The quantitative estimate of drug-likeness (QED) is 0.795. The molecule has 7 heteroatoms. The minimum absolute atomic E-state index is 0.154. The van der Waals surface area contributed by atoms with Crippen LogP contribution in [0.2, 0.25) is 0 Å². The molecule has 2 aliphatic heterocycles. The van der Waals surface area contributed by atoms with Gasteiger partial charge in [0.2, 0.25) is 0 Å². The zero-order valence-electron chi connectivity index (χ0n) is 12.7. The highest BCUT2D eigenvalue weighted by molar-refractivity contribution is 9.10. The predicted octanol–water partition coefficient (Wildman–Crippen LogP) is 1.96. The average Bonchev–Trinajstić information content (AvgIpc) is 2.61. The molecule has 5 nitrogen and oxygen atoms in total. The molecule has 0 spiro atoms. The summed E-state index contributed by atoms with van der Waals surface area (Å²) < 4.78 is 0.997. The van der Waals surface area contributed by atoms with Crippen molar-refractivity contribution in [1.29, 1.82) is 0 Å². The number of carbonyl (C=O) groups is 1. The lowest BCUT2D eigenvalue weighted by molar-refractivity contribution is -0.116. The molecule has 1 N–H and O–H groups in total. The van der Waals surface area contributed by atoms with E-state index in [1.165, 1.54) is 11.8 Å². The van der Waals surface area contributed by atoms with Crippen LogP contribution < -0.4 is 15.9 Å². The van der Waals surface area contributed by atoms with E-state index in [2.05, 4.69) is 26.3 Å². The third-order valence-electron chi connectivity index (χ3n) is 3.88. The van der Waals surface area contributed by atoms with Crippen LogP contribution in [0.1, 0.15) is 11.7 Å². The van der Waals surface area contributed by atoms with E-state index in [-0.39, 0.29) is 12.1 Å². The third-order valence-corrected chi connectivity index (χ3v) is 4.98. The van der Waals surface area contributed by atoms with Crippen molar-refractivity contribution in [3.8, 4) is 0 Å². The van der Waals surface area contributed by atoms with Gasteiger partial charge in [-0.2, -0.15) is 0 Å². The number of nitrogens with zero attached hydrogens (tertiary/aromatic N) is 3. The molecular formula is C17H13BrN4OS. The number of amidine groups is 1. The fourth-order valence-electron chi connectivity index (χ4n) is 2.77. The van der Waals surface area contributed by atoms with Gasteiger partial charge in [-0.3, -0.25) is 15.1 Å². The number of hydrogen-bond donors (Lipinski definition) is 1. The maximum absolute atomic E-state index is 12.7. The molecule has 4 rings (SSSR count). The maximum atomic E-state index is 12.7. The van der Waals surface area contributed by atoms with Crippen molar-refractivity contribution in [3.63, 3.8) is 0 Å². The topological polar surface area (TPSA) is 57.1 Å². The fraction of sp³-hybridized carbons (Fsp3) is 0.118. The van der Waals surface area contributed by atoms with Crippen molar-refractivity contribution in [2.24, 2.45) is 10.1 Å². The van der Waals surface area contributed by atoms with Crippen molar-refractivity contribution >= 4 is 44.5 Å². The Kier molecular flexibility index (Phi) is 3.90. The van der Waals surface area contributed by atoms with Crippen LogP contribution in [-0.4, -0.2) is 22.3 Å². The number of para-hydroxylation sites is 1. The summed E-state index contributed by atoms with van der Waals surface area (Å²) in [5, 5.41) is 11.3. The van der Waals surface area contributed by atoms with E-state index in [4.69, 9.17) is 4.99 Å². The summed E-state index contributed by atoms with van der Waals surface area (Å²) in [4.78, 5) is 17.5. The van der Waals surface area contributed by atoms with E-state index >= 15 is 0 Å². The molecule has 0 saturated carbocycles. The number of carbonyl (C=O) groups excluding carboxylic acids is 1. The van der Waals surface area contributed by atoms with Gasteiger partial charge < -0.3 is 0 Å². The SMILES string of the molecule is CSC1=NN2C(=c3ccccc3=NC2c2ccc(Br)cc2)C(=O)N1. The first-order valence-electron chi connectivity index (χ1n) is 7.33. The van der Waals surface area contributed by atoms with Gasteiger partial charge in [-0.15, -0.1) is 5.10 Å². The minimum Gasteiger partial charge on any atom is -0.298 e. The molecule has 2 aromatic carbocycles. The molecule has 0 aromatic heterocycles. The van der Waals surface area contributed by atoms with Gasteiger partial charge in [-0.05, 0) is 30.0 Å². The van der Waals surface area contributed by atoms with Crippen LogP contribution in [0.25, 0.3) is 5.70 Å². The summed E-state index contributed by atoms with van der Waals surface area (Å²) in [6.45, 7) is 0. The number of nitrogens with one attached hydrogen (secondary N) is 1. The first-order chi connectivity index (χ1) is 11.7. The number of halogens is 1. The highest BCUT2D eigenvalue weighted by atomic mass is 79.9. The lowest BCUT2D eigenvalue weighted by Gasteiger charge is -2.33. The number of hydrazone groups is 1. The molecule has 0 bridgehead atoms. The molecule has 1 atom stereocenters. The molecule has 0 saturated heterocycles. The summed E-state index contributed by atoms with van der Waals surface area (Å²) in [6, 6.07) is 15.6. The highest BCUT2D eigenvalue weighted by Gasteiger charge is 2.33. The van der Waals surface area contributed by atoms with E-state index in [0.717, 1.165) is 20.6 Å². The lowest BCUT2D eigenvalue weighted by Crippen LogP contribution is -2.50. The van der Waals surface area contributed by atoms with Crippen molar-refractivity contribution in [3.05, 3.63) is 69.1 Å². The summed E-state index contributed by atoms with van der Waals surface area (Å²) >= 11 is 4.85. The van der Waals surface area contributed by atoms with Crippen molar-refractivity contribution in [2.45, 2.75) is 6.17 Å². The van der Waals surface area contributed by atoms with Crippen molar-refractivity contribution < 1.29 is 4.79 Å². The van der Waals surface area contributed by atoms with Gasteiger partial charge in [0, 0.05) is 9.69 Å². The van der Waals surface area contributed by atoms with Crippen molar-refractivity contribution in [1.82, 2.24) is 10.3 Å². The lowest BCUT2D eigenvalue weighted by atomic mass is 10.1. The second kappa shape index (κ2) is 6.07. The minimum atomic E-state index is -0.365. The maximum Gasteiger partial charge on any atom is 0.276 e. The van der Waals surface area contributed by atoms with Crippen LogP contribution in [0, 0.1) is 0 Å². The Morgan fingerprint density at radius 2 is 1.92 bits per heavy atom. The summed E-state index contributed by atoms with van der Waals surface area (Å²) in [7, 11) is 0. The van der Waals surface area contributed by atoms with E-state index in [9.17, 15) is 4.79 Å². The molecule has 0 radical (unpaired) electrons. The Bertz CT molecular complexity index is 971. The number of rotatable bonds is 1. The molecule has 120 valence electrons. The smallest absolute Gasteiger partial charge is 0.276 e. The Morgan fingerprint density at radius 3 is 2.67 bits per heavy atom. The third kappa shape index (κ3) is 2.53. The normalized spacial score (nSPS) is 19.0. The zero-order valence-corrected chi connectivity index (χ0v) is 15.1. The summed E-state index contributed by atoms with van der Waals surface area (Å²) in [6.07, 6.45) is 1.52. The molecule has 2 aromatic rings. The van der Waals surface area contributed by atoms with Crippen LogP contribution in [0.3, 0.4) is 0 Å². The first-order valence-corrected chi connectivity index (χ1v) is 9.35. The highest BCUT2D eigenvalue weighted by Crippen LogP contribution is 2.30. The largest absolute Gasteiger partial charge is 0.298 e. The average molecular weight is 401 g/mol. The van der Waals surface area contributed by atoms with Crippen LogP contribution in [0.15, 0.2) is 63.1 Å². The molecule has 0 fully saturated rings. The molecule has 2 heterocycles. The Labute approximate surface area is 151 Å². The zero-order chi connectivity index (χ0) is 16.7. The number of thioether (sulfide) groups is 1. The monoisotopic (exact) mass is 400 g/mol. The Balaban J connectivity index is 1.97. The standard InChI is InChI=1S/C17H13BrN4OS/c1-24-17-20-16(23)14-12-4-2-3-5-13(12)19-15(22(14)21-17)10-6-8-11(18)9-7-10/h2-9,15H,1H3,(H,20,21,23). The van der Waals surface area contributed by atoms with Crippen molar-refractivity contribution in [2.75, 3.05) is 6.26 Å². The number of hydrogen-bond acceptors (Lipinski definition) is 5. The molecule has 2 aliphatic rings. The molecule has 24 heavy (non-hydrogen) atoms. The van der Waals surface area contributed by atoms with E-state index in [0.29, 0.717) is 10.9 Å². The van der Waals surface area contributed by atoms with Gasteiger partial charge in [0.15, 0.2) is 11.3 Å². The number of amides is 1. The Morgan fingerprint density at radius 1 is 1.17 bits per heavy atom. The summed E-state index contributed by atoms with van der Waals surface area (Å²) in [5.74, 6) is -0.154. The van der Waals surface area contributed by atoms with Crippen LogP contribution >= 0.6 is 27.7 Å². The number of fused-ring (bicyclic) bond motifs is 2. The van der Waals surface area contributed by atoms with Gasteiger partial charge in [0.05, 0.1) is 5.36 Å². The predicted molar refractivity (Wildman–Crippen MR) is 98.4 cm³/mol. The van der Waals surface area contributed by atoms with Crippen LogP contribution in [0.4, 0.5) is 0 Å². The van der Waals surface area contributed by atoms with Gasteiger partial charge in [0.1, 0.15) is 5.70 Å². The van der Waals surface area contributed by atoms with E-state index in [1.54, 1.807) is 5.01 Å². The van der Waals surface area contributed by atoms with Gasteiger partial charge in [-0.25, -0.2) is 5.01 Å². The van der Waals surface area contributed by atoms with Crippen LogP contribution in [-0.2, 0) is 4.79 Å².